The van der Waals surface area contributed by atoms with Crippen LogP contribution in [-0.4, -0.2) is 61.9 Å². The average molecular weight is 406 g/mol. The van der Waals surface area contributed by atoms with Crippen molar-refractivity contribution in [1.82, 2.24) is 15.5 Å². The van der Waals surface area contributed by atoms with Gasteiger partial charge in [-0.1, -0.05) is 26.0 Å². The Labute approximate surface area is 174 Å². The molecule has 3 amide bonds. The van der Waals surface area contributed by atoms with Crippen LogP contribution in [0.5, 0.6) is 0 Å². The number of hydrogen-bond donors (Lipinski definition) is 2. The quantitative estimate of drug-likeness (QED) is 0.619. The molecule has 0 radical (unpaired) electrons. The first-order chi connectivity index (χ1) is 13.8. The molecule has 2 atom stereocenters. The van der Waals surface area contributed by atoms with Gasteiger partial charge in [0.05, 0.1) is 12.2 Å². The van der Waals surface area contributed by atoms with Crippen LogP contribution in [0.4, 0.5) is 4.79 Å². The highest BCUT2D eigenvalue weighted by atomic mass is 16.5. The molecule has 162 valence electrons. The van der Waals surface area contributed by atoms with Crippen molar-refractivity contribution in [3.05, 3.63) is 35.4 Å². The van der Waals surface area contributed by atoms with Crippen LogP contribution in [0.1, 0.15) is 50.0 Å². The summed E-state index contributed by atoms with van der Waals surface area (Å²) in [5.41, 5.74) is 1.60. The molecule has 0 spiro atoms. The first-order valence-corrected chi connectivity index (χ1v) is 10.5. The van der Waals surface area contributed by atoms with Crippen LogP contribution in [0.2, 0.25) is 0 Å². The van der Waals surface area contributed by atoms with Crippen molar-refractivity contribution < 1.29 is 19.1 Å². The number of nitrogens with one attached hydrogen (secondary N) is 2. The van der Waals surface area contributed by atoms with E-state index in [0.717, 1.165) is 18.6 Å². The maximum atomic E-state index is 12.7. The van der Waals surface area contributed by atoms with Crippen molar-refractivity contribution in [2.75, 3.05) is 32.8 Å². The van der Waals surface area contributed by atoms with Gasteiger partial charge in [-0.2, -0.15) is 0 Å². The molecular formula is C22H35N3O4. The van der Waals surface area contributed by atoms with E-state index in [9.17, 15) is 9.59 Å². The zero-order valence-electron chi connectivity index (χ0n) is 18.1. The van der Waals surface area contributed by atoms with Gasteiger partial charge in [-0.05, 0) is 43.9 Å². The molecule has 1 fully saturated rings. The Balaban J connectivity index is 1.69. The third-order valence-corrected chi connectivity index (χ3v) is 4.56. The first-order valence-electron chi connectivity index (χ1n) is 10.5. The Kier molecular flexibility index (Phi) is 9.41. The minimum Gasteiger partial charge on any atom is -0.381 e. The largest absolute Gasteiger partial charge is 0.381 e. The highest BCUT2D eigenvalue weighted by Gasteiger charge is 2.26. The highest BCUT2D eigenvalue weighted by Crippen LogP contribution is 2.15. The molecular weight excluding hydrogens is 370 g/mol. The minimum absolute atomic E-state index is 0.0175. The molecule has 1 aliphatic heterocycles. The van der Waals surface area contributed by atoms with Gasteiger partial charge in [-0.15, -0.1) is 0 Å². The normalized spacial score (nSPS) is 19.3. The van der Waals surface area contributed by atoms with Gasteiger partial charge in [0.25, 0.3) is 5.91 Å². The summed E-state index contributed by atoms with van der Waals surface area (Å²) >= 11 is 0. The van der Waals surface area contributed by atoms with Gasteiger partial charge >= 0.3 is 6.03 Å². The van der Waals surface area contributed by atoms with Gasteiger partial charge in [0, 0.05) is 45.0 Å². The lowest BCUT2D eigenvalue weighted by atomic mass is 10.1. The molecule has 2 rings (SSSR count). The standard InChI is InChI=1S/C22H35N3O4/c1-16(2)15-28-11-5-10-23-22(27)24-12-19-6-8-20(9-7-19)21(26)25-13-17(3)29-18(4)14-25/h6-9,16-18H,5,10-15H2,1-4H3,(H2,23,24,27). The van der Waals surface area contributed by atoms with E-state index < -0.39 is 0 Å². The molecule has 1 heterocycles. The van der Waals surface area contributed by atoms with Gasteiger partial charge in [0.15, 0.2) is 0 Å². The fourth-order valence-electron chi connectivity index (χ4n) is 3.23. The third kappa shape index (κ3) is 8.41. The Hall–Kier alpha value is -2.12. The van der Waals surface area contributed by atoms with Crippen LogP contribution in [-0.2, 0) is 16.0 Å². The van der Waals surface area contributed by atoms with Gasteiger partial charge in [-0.25, -0.2) is 4.79 Å². The third-order valence-electron chi connectivity index (χ3n) is 4.56. The van der Waals surface area contributed by atoms with Crippen molar-refractivity contribution in [3.63, 3.8) is 0 Å². The number of amides is 3. The van der Waals surface area contributed by atoms with E-state index in [0.29, 0.717) is 44.3 Å². The maximum Gasteiger partial charge on any atom is 0.315 e. The average Bonchev–Trinajstić information content (AvgIpc) is 2.68. The number of urea groups is 1. The fourth-order valence-corrected chi connectivity index (χ4v) is 3.23. The predicted octanol–water partition coefficient (Wildman–Crippen LogP) is 2.80. The molecule has 0 aromatic heterocycles. The lowest BCUT2D eigenvalue weighted by molar-refractivity contribution is -0.0586. The Bertz CT molecular complexity index is 638. The first kappa shape index (κ1) is 23.2. The predicted molar refractivity (Wildman–Crippen MR) is 113 cm³/mol. The number of carbonyl (C=O) groups is 2. The molecule has 1 aromatic rings. The van der Waals surface area contributed by atoms with E-state index in [1.54, 1.807) is 0 Å². The van der Waals surface area contributed by atoms with E-state index >= 15 is 0 Å². The summed E-state index contributed by atoms with van der Waals surface area (Å²) in [5, 5.41) is 5.65. The summed E-state index contributed by atoms with van der Waals surface area (Å²) in [5.74, 6) is 0.540. The summed E-state index contributed by atoms with van der Waals surface area (Å²) in [4.78, 5) is 26.4. The van der Waals surface area contributed by atoms with E-state index in [4.69, 9.17) is 9.47 Å². The van der Waals surface area contributed by atoms with Crippen LogP contribution in [0.15, 0.2) is 24.3 Å². The molecule has 1 aliphatic rings. The molecule has 7 nitrogen and oxygen atoms in total. The molecule has 2 unspecified atom stereocenters. The number of ether oxygens (including phenoxy) is 2. The number of nitrogens with zero attached hydrogens (tertiary/aromatic N) is 1. The lowest BCUT2D eigenvalue weighted by Gasteiger charge is -2.35. The second-order valence-corrected chi connectivity index (χ2v) is 8.10. The molecule has 0 aliphatic carbocycles. The fraction of sp³-hybridized carbons (Fsp3) is 0.636. The van der Waals surface area contributed by atoms with Crippen LogP contribution in [0.3, 0.4) is 0 Å². The minimum atomic E-state index is -0.203. The van der Waals surface area contributed by atoms with Crippen molar-refractivity contribution in [1.29, 1.82) is 0 Å². The lowest BCUT2D eigenvalue weighted by Crippen LogP contribution is -2.48. The number of rotatable bonds is 9. The summed E-state index contributed by atoms with van der Waals surface area (Å²) < 4.78 is 11.2. The van der Waals surface area contributed by atoms with Crippen LogP contribution in [0, 0.1) is 5.92 Å². The SMILES string of the molecule is CC(C)COCCCNC(=O)NCc1ccc(C(=O)N2CC(C)OC(C)C2)cc1. The molecule has 29 heavy (non-hydrogen) atoms. The summed E-state index contributed by atoms with van der Waals surface area (Å²) in [7, 11) is 0. The molecule has 1 aromatic carbocycles. The van der Waals surface area contributed by atoms with E-state index in [1.807, 2.05) is 43.0 Å². The highest BCUT2D eigenvalue weighted by molar-refractivity contribution is 5.94. The summed E-state index contributed by atoms with van der Waals surface area (Å²) in [6.45, 7) is 11.8. The number of hydrogen-bond acceptors (Lipinski definition) is 4. The van der Waals surface area contributed by atoms with E-state index in [-0.39, 0.29) is 24.1 Å². The van der Waals surface area contributed by atoms with Gasteiger partial charge in [-0.3, -0.25) is 4.79 Å². The summed E-state index contributed by atoms with van der Waals surface area (Å²) in [6, 6.07) is 7.17. The van der Waals surface area contributed by atoms with Crippen molar-refractivity contribution in [2.24, 2.45) is 5.92 Å². The van der Waals surface area contributed by atoms with Gasteiger partial charge in [0.2, 0.25) is 0 Å². The number of morpholine rings is 1. The molecule has 1 saturated heterocycles. The number of carbonyl (C=O) groups excluding carboxylic acids is 2. The Morgan fingerprint density at radius 1 is 1.14 bits per heavy atom. The Morgan fingerprint density at radius 3 is 2.41 bits per heavy atom. The van der Waals surface area contributed by atoms with E-state index in [1.165, 1.54) is 0 Å². The molecule has 7 heteroatoms. The summed E-state index contributed by atoms with van der Waals surface area (Å²) in [6.07, 6.45) is 0.883. The van der Waals surface area contributed by atoms with Crippen LogP contribution >= 0.6 is 0 Å². The van der Waals surface area contributed by atoms with E-state index in [2.05, 4.69) is 24.5 Å². The second-order valence-electron chi connectivity index (χ2n) is 8.10. The molecule has 0 bridgehead atoms. The monoisotopic (exact) mass is 405 g/mol. The topological polar surface area (TPSA) is 79.9 Å². The van der Waals surface area contributed by atoms with Gasteiger partial charge in [0.1, 0.15) is 0 Å². The smallest absolute Gasteiger partial charge is 0.315 e. The van der Waals surface area contributed by atoms with Crippen LogP contribution in [0.25, 0.3) is 0 Å². The molecule has 2 N–H and O–H groups in total. The van der Waals surface area contributed by atoms with Gasteiger partial charge < -0.3 is 25.0 Å². The maximum absolute atomic E-state index is 12.7. The zero-order valence-corrected chi connectivity index (χ0v) is 18.1. The second kappa shape index (κ2) is 11.8. The van der Waals surface area contributed by atoms with Crippen molar-refractivity contribution in [3.8, 4) is 0 Å². The molecule has 0 saturated carbocycles. The Morgan fingerprint density at radius 2 is 1.79 bits per heavy atom. The number of benzene rings is 1. The van der Waals surface area contributed by atoms with Crippen LogP contribution < -0.4 is 10.6 Å². The zero-order chi connectivity index (χ0) is 21.2. The van der Waals surface area contributed by atoms with Crippen molar-refractivity contribution >= 4 is 11.9 Å². The van der Waals surface area contributed by atoms with Crippen molar-refractivity contribution in [2.45, 2.75) is 52.9 Å².